The summed E-state index contributed by atoms with van der Waals surface area (Å²) in [5.41, 5.74) is -0.577. The largest absolute Gasteiger partial charge is 0.478 e. The van der Waals surface area contributed by atoms with Crippen LogP contribution in [0.25, 0.3) is 0 Å². The molecule has 0 saturated carbocycles. The molecule has 110 valence electrons. The SMILES string of the molecule is CS(=O)(=O)NCCNC(=O)c1ccc(C(=O)O)cc1F. The minimum absolute atomic E-state index is 0.0218. The topological polar surface area (TPSA) is 113 Å². The Bertz CT molecular complexity index is 630. The van der Waals surface area contributed by atoms with Gasteiger partial charge in [0.15, 0.2) is 0 Å². The molecule has 0 heterocycles. The maximum atomic E-state index is 13.5. The molecule has 0 radical (unpaired) electrons. The van der Waals surface area contributed by atoms with Crippen LogP contribution in [0.5, 0.6) is 0 Å². The van der Waals surface area contributed by atoms with Gasteiger partial charge in [0, 0.05) is 13.1 Å². The van der Waals surface area contributed by atoms with Gasteiger partial charge in [-0.25, -0.2) is 22.3 Å². The van der Waals surface area contributed by atoms with Gasteiger partial charge in [0.25, 0.3) is 5.91 Å². The molecule has 0 aliphatic rings. The quantitative estimate of drug-likeness (QED) is 0.630. The molecule has 1 aromatic rings. The van der Waals surface area contributed by atoms with Gasteiger partial charge < -0.3 is 10.4 Å². The molecule has 3 N–H and O–H groups in total. The summed E-state index contributed by atoms with van der Waals surface area (Å²) in [7, 11) is -3.35. The van der Waals surface area contributed by atoms with Crippen molar-refractivity contribution in [1.29, 1.82) is 0 Å². The highest BCUT2D eigenvalue weighted by Gasteiger charge is 2.14. The lowest BCUT2D eigenvalue weighted by molar-refractivity contribution is 0.0695. The average Bonchev–Trinajstić information content (AvgIpc) is 2.33. The van der Waals surface area contributed by atoms with E-state index in [0.717, 1.165) is 24.5 Å². The Labute approximate surface area is 114 Å². The van der Waals surface area contributed by atoms with Crippen LogP contribution in [0.2, 0.25) is 0 Å². The predicted octanol–water partition coefficient (Wildman–Crippen LogP) is -0.197. The van der Waals surface area contributed by atoms with Crippen molar-refractivity contribution in [2.24, 2.45) is 0 Å². The number of carbonyl (C=O) groups is 2. The molecule has 0 spiro atoms. The summed E-state index contributed by atoms with van der Waals surface area (Å²) in [5, 5.41) is 11.0. The van der Waals surface area contributed by atoms with E-state index in [0.29, 0.717) is 0 Å². The zero-order chi connectivity index (χ0) is 15.3. The van der Waals surface area contributed by atoms with Crippen LogP contribution in [-0.4, -0.2) is 44.7 Å². The van der Waals surface area contributed by atoms with Gasteiger partial charge in [-0.2, -0.15) is 0 Å². The Balaban J connectivity index is 2.62. The Hall–Kier alpha value is -2.00. The molecule has 0 bridgehead atoms. The van der Waals surface area contributed by atoms with Crippen LogP contribution < -0.4 is 10.0 Å². The predicted molar refractivity (Wildman–Crippen MR) is 68.5 cm³/mol. The van der Waals surface area contributed by atoms with Crippen molar-refractivity contribution in [3.05, 3.63) is 35.1 Å². The number of sulfonamides is 1. The molecule has 0 unspecified atom stereocenters. The van der Waals surface area contributed by atoms with Crippen molar-refractivity contribution < 1.29 is 27.5 Å². The second-order valence-electron chi connectivity index (χ2n) is 3.92. The molecule has 1 aromatic carbocycles. The van der Waals surface area contributed by atoms with E-state index in [2.05, 4.69) is 10.0 Å². The summed E-state index contributed by atoms with van der Waals surface area (Å²) in [6.45, 7) is -0.0502. The summed E-state index contributed by atoms with van der Waals surface area (Å²) in [6.07, 6.45) is 0.971. The van der Waals surface area contributed by atoms with Crippen LogP contribution in [-0.2, 0) is 10.0 Å². The third-order valence-corrected chi connectivity index (χ3v) is 2.96. The van der Waals surface area contributed by atoms with Crippen LogP contribution in [0, 0.1) is 5.82 Å². The molecule has 0 saturated heterocycles. The Morgan fingerprint density at radius 2 is 1.95 bits per heavy atom. The van der Waals surface area contributed by atoms with Crippen LogP contribution in [0.1, 0.15) is 20.7 Å². The minimum atomic E-state index is -3.35. The molecule has 0 atom stereocenters. The van der Waals surface area contributed by atoms with Crippen molar-refractivity contribution in [3.8, 4) is 0 Å². The number of carbonyl (C=O) groups excluding carboxylic acids is 1. The molecule has 0 aliphatic carbocycles. The van der Waals surface area contributed by atoms with Crippen LogP contribution in [0.15, 0.2) is 18.2 Å². The van der Waals surface area contributed by atoms with Crippen LogP contribution >= 0.6 is 0 Å². The summed E-state index contributed by atoms with van der Waals surface area (Å²) < 4.78 is 37.2. The lowest BCUT2D eigenvalue weighted by atomic mass is 10.1. The fourth-order valence-electron chi connectivity index (χ4n) is 1.34. The number of amides is 1. The van der Waals surface area contributed by atoms with Crippen LogP contribution in [0.4, 0.5) is 4.39 Å². The monoisotopic (exact) mass is 304 g/mol. The second kappa shape index (κ2) is 6.44. The summed E-state index contributed by atoms with van der Waals surface area (Å²) in [6, 6.07) is 2.90. The normalized spacial score (nSPS) is 11.1. The average molecular weight is 304 g/mol. The highest BCUT2D eigenvalue weighted by molar-refractivity contribution is 7.88. The number of hydrogen-bond donors (Lipinski definition) is 3. The molecule has 1 rings (SSSR count). The number of benzene rings is 1. The van der Waals surface area contributed by atoms with Crippen molar-refractivity contribution in [2.75, 3.05) is 19.3 Å². The Kier molecular flexibility index (Phi) is 5.17. The number of halogens is 1. The minimum Gasteiger partial charge on any atom is -0.478 e. The first-order valence-electron chi connectivity index (χ1n) is 5.46. The zero-order valence-corrected chi connectivity index (χ0v) is 11.3. The maximum Gasteiger partial charge on any atom is 0.335 e. The fraction of sp³-hybridized carbons (Fsp3) is 0.273. The molecular formula is C11H13FN2O5S. The lowest BCUT2D eigenvalue weighted by Gasteiger charge is -2.07. The van der Waals surface area contributed by atoms with Gasteiger partial charge in [-0.3, -0.25) is 4.79 Å². The highest BCUT2D eigenvalue weighted by atomic mass is 32.2. The van der Waals surface area contributed by atoms with Gasteiger partial charge >= 0.3 is 5.97 Å². The standard InChI is InChI=1S/C11H13FN2O5S/c1-20(18,19)14-5-4-13-10(15)8-3-2-7(11(16)17)6-9(8)12/h2-3,6,14H,4-5H2,1H3,(H,13,15)(H,16,17). The first-order valence-corrected chi connectivity index (χ1v) is 7.35. The van der Waals surface area contributed by atoms with Crippen molar-refractivity contribution in [1.82, 2.24) is 10.0 Å². The van der Waals surface area contributed by atoms with Gasteiger partial charge in [-0.15, -0.1) is 0 Å². The highest BCUT2D eigenvalue weighted by Crippen LogP contribution is 2.10. The lowest BCUT2D eigenvalue weighted by Crippen LogP contribution is -2.34. The van der Waals surface area contributed by atoms with Gasteiger partial charge in [0.2, 0.25) is 10.0 Å². The third-order valence-electron chi connectivity index (χ3n) is 2.24. The summed E-state index contributed by atoms with van der Waals surface area (Å²) in [5.74, 6) is -3.01. The maximum absolute atomic E-state index is 13.5. The molecule has 0 aliphatic heterocycles. The van der Waals surface area contributed by atoms with Gasteiger partial charge in [0.1, 0.15) is 5.82 Å². The molecule has 1 amide bonds. The van der Waals surface area contributed by atoms with Crippen LogP contribution in [0.3, 0.4) is 0 Å². The molecule has 0 fully saturated rings. The van der Waals surface area contributed by atoms with E-state index in [9.17, 15) is 22.4 Å². The smallest absolute Gasteiger partial charge is 0.335 e. The number of nitrogens with one attached hydrogen (secondary N) is 2. The van der Waals surface area contributed by atoms with E-state index in [4.69, 9.17) is 5.11 Å². The van der Waals surface area contributed by atoms with Crippen molar-refractivity contribution >= 4 is 21.9 Å². The van der Waals surface area contributed by atoms with E-state index in [1.165, 1.54) is 0 Å². The zero-order valence-electron chi connectivity index (χ0n) is 10.5. The van der Waals surface area contributed by atoms with Crippen molar-refractivity contribution in [3.63, 3.8) is 0 Å². The molecule has 0 aromatic heterocycles. The fourth-order valence-corrected chi connectivity index (χ4v) is 1.81. The van der Waals surface area contributed by atoms with Gasteiger partial charge in [-0.1, -0.05) is 0 Å². The number of carboxylic acid groups (broad SMARTS) is 1. The Morgan fingerprint density at radius 3 is 2.45 bits per heavy atom. The summed E-state index contributed by atoms with van der Waals surface area (Å²) >= 11 is 0. The first-order chi connectivity index (χ1) is 9.20. The van der Waals surface area contributed by atoms with E-state index in [1.807, 2.05) is 0 Å². The third kappa shape index (κ3) is 4.94. The van der Waals surface area contributed by atoms with E-state index >= 15 is 0 Å². The van der Waals surface area contributed by atoms with Gasteiger partial charge in [-0.05, 0) is 18.2 Å². The first kappa shape index (κ1) is 16.1. The number of carboxylic acids is 1. The van der Waals surface area contributed by atoms with E-state index < -0.39 is 27.7 Å². The molecule has 20 heavy (non-hydrogen) atoms. The van der Waals surface area contributed by atoms with E-state index in [1.54, 1.807) is 0 Å². The van der Waals surface area contributed by atoms with E-state index in [-0.39, 0.29) is 24.2 Å². The molecule has 7 nitrogen and oxygen atoms in total. The molecular weight excluding hydrogens is 291 g/mol. The second-order valence-corrected chi connectivity index (χ2v) is 5.76. The Morgan fingerprint density at radius 1 is 1.30 bits per heavy atom. The number of hydrogen-bond acceptors (Lipinski definition) is 4. The van der Waals surface area contributed by atoms with Gasteiger partial charge in [0.05, 0.1) is 17.4 Å². The molecule has 9 heteroatoms. The van der Waals surface area contributed by atoms with Crippen molar-refractivity contribution in [2.45, 2.75) is 0 Å². The summed E-state index contributed by atoms with van der Waals surface area (Å²) in [4.78, 5) is 22.2. The number of rotatable bonds is 6. The number of aromatic carboxylic acids is 1.